The maximum atomic E-state index is 6.32. The van der Waals surface area contributed by atoms with Crippen LogP contribution in [0.2, 0.25) is 5.02 Å². The Hall–Kier alpha value is -1.45. The van der Waals surface area contributed by atoms with Crippen molar-refractivity contribution < 1.29 is 4.42 Å². The molecular formula is C15H19ClN2O. The highest BCUT2D eigenvalue weighted by atomic mass is 35.5. The second-order valence-electron chi connectivity index (χ2n) is 4.69. The minimum Gasteiger partial charge on any atom is -0.464 e. The molecule has 3 nitrogen and oxygen atoms in total. The van der Waals surface area contributed by atoms with Crippen LogP contribution in [0.5, 0.6) is 0 Å². The summed E-state index contributed by atoms with van der Waals surface area (Å²) in [4.78, 5) is 2.08. The standard InChI is InChI=1S/C15H19ClN2O/c1-11-3-5-13(19-11)10-18(2)15-6-4-12(7-8-17)9-14(15)16/h3-6,9H,7-8,10,17H2,1-2H3. The summed E-state index contributed by atoms with van der Waals surface area (Å²) in [5.74, 6) is 1.86. The molecule has 0 unspecified atom stereocenters. The van der Waals surface area contributed by atoms with Gasteiger partial charge in [-0.15, -0.1) is 0 Å². The molecule has 0 amide bonds. The summed E-state index contributed by atoms with van der Waals surface area (Å²) in [5, 5.41) is 0.747. The van der Waals surface area contributed by atoms with Gasteiger partial charge in [-0.05, 0) is 49.7 Å². The predicted octanol–water partition coefficient (Wildman–Crippen LogP) is 3.38. The molecule has 0 saturated heterocycles. The van der Waals surface area contributed by atoms with Gasteiger partial charge >= 0.3 is 0 Å². The van der Waals surface area contributed by atoms with Crippen LogP contribution in [0.1, 0.15) is 17.1 Å². The number of furan rings is 1. The molecule has 0 fully saturated rings. The summed E-state index contributed by atoms with van der Waals surface area (Å²) in [6.45, 7) is 3.28. The third-order valence-corrected chi connectivity index (χ3v) is 3.35. The summed E-state index contributed by atoms with van der Waals surface area (Å²) < 4.78 is 5.58. The Kier molecular flexibility index (Phi) is 4.51. The van der Waals surface area contributed by atoms with Crippen molar-refractivity contribution in [3.8, 4) is 0 Å². The van der Waals surface area contributed by atoms with Crippen molar-refractivity contribution in [3.05, 3.63) is 52.4 Å². The molecule has 1 heterocycles. The smallest absolute Gasteiger partial charge is 0.123 e. The zero-order valence-corrected chi connectivity index (χ0v) is 12.1. The van der Waals surface area contributed by atoms with Crippen molar-refractivity contribution in [3.63, 3.8) is 0 Å². The Morgan fingerprint density at radius 1 is 1.26 bits per heavy atom. The lowest BCUT2D eigenvalue weighted by Crippen LogP contribution is -2.16. The van der Waals surface area contributed by atoms with Crippen LogP contribution in [0.15, 0.2) is 34.7 Å². The van der Waals surface area contributed by atoms with Crippen molar-refractivity contribution in [2.24, 2.45) is 5.73 Å². The third kappa shape index (κ3) is 3.52. The zero-order valence-electron chi connectivity index (χ0n) is 11.3. The molecular weight excluding hydrogens is 260 g/mol. The van der Waals surface area contributed by atoms with E-state index in [0.717, 1.165) is 28.7 Å². The molecule has 2 rings (SSSR count). The van der Waals surface area contributed by atoms with E-state index >= 15 is 0 Å². The Morgan fingerprint density at radius 3 is 2.63 bits per heavy atom. The number of benzene rings is 1. The monoisotopic (exact) mass is 278 g/mol. The van der Waals surface area contributed by atoms with Gasteiger partial charge in [0, 0.05) is 7.05 Å². The van der Waals surface area contributed by atoms with E-state index < -0.39 is 0 Å². The van der Waals surface area contributed by atoms with Gasteiger partial charge in [0.1, 0.15) is 11.5 Å². The average Bonchev–Trinajstić information content (AvgIpc) is 2.75. The van der Waals surface area contributed by atoms with Crippen molar-refractivity contribution in [1.29, 1.82) is 0 Å². The van der Waals surface area contributed by atoms with Gasteiger partial charge < -0.3 is 15.1 Å². The normalized spacial score (nSPS) is 10.7. The number of nitrogens with zero attached hydrogens (tertiary/aromatic N) is 1. The number of anilines is 1. The summed E-state index contributed by atoms with van der Waals surface area (Å²) >= 11 is 6.32. The molecule has 1 aromatic heterocycles. The molecule has 0 aliphatic carbocycles. The van der Waals surface area contributed by atoms with Crippen LogP contribution in [-0.4, -0.2) is 13.6 Å². The minimum absolute atomic E-state index is 0.636. The highest BCUT2D eigenvalue weighted by Gasteiger charge is 2.09. The number of hydrogen-bond acceptors (Lipinski definition) is 3. The lowest BCUT2D eigenvalue weighted by atomic mass is 10.1. The number of aryl methyl sites for hydroxylation is 1. The summed E-state index contributed by atoms with van der Waals surface area (Å²) in [6.07, 6.45) is 0.848. The van der Waals surface area contributed by atoms with E-state index in [9.17, 15) is 0 Å². The number of rotatable bonds is 5. The van der Waals surface area contributed by atoms with Gasteiger partial charge in [-0.25, -0.2) is 0 Å². The van der Waals surface area contributed by atoms with E-state index in [1.807, 2.05) is 38.2 Å². The first-order valence-electron chi connectivity index (χ1n) is 6.35. The van der Waals surface area contributed by atoms with Gasteiger partial charge in [-0.3, -0.25) is 0 Å². The first-order chi connectivity index (χ1) is 9.10. The molecule has 0 saturated carbocycles. The van der Waals surface area contributed by atoms with Crippen LogP contribution in [0.3, 0.4) is 0 Å². The molecule has 102 valence electrons. The summed E-state index contributed by atoms with van der Waals surface area (Å²) in [6, 6.07) is 10.0. The number of nitrogens with two attached hydrogens (primary N) is 1. The minimum atomic E-state index is 0.636. The van der Waals surface area contributed by atoms with Crippen LogP contribution in [0.4, 0.5) is 5.69 Å². The second kappa shape index (κ2) is 6.13. The largest absolute Gasteiger partial charge is 0.464 e. The molecule has 4 heteroatoms. The molecule has 0 spiro atoms. The van der Waals surface area contributed by atoms with Crippen LogP contribution in [0.25, 0.3) is 0 Å². The molecule has 2 aromatic rings. The van der Waals surface area contributed by atoms with E-state index in [1.54, 1.807) is 0 Å². The fraction of sp³-hybridized carbons (Fsp3) is 0.333. The van der Waals surface area contributed by atoms with E-state index in [1.165, 1.54) is 5.56 Å². The molecule has 0 aliphatic rings. The fourth-order valence-corrected chi connectivity index (χ4v) is 2.42. The first-order valence-corrected chi connectivity index (χ1v) is 6.73. The zero-order chi connectivity index (χ0) is 13.8. The molecule has 1 aromatic carbocycles. The first kappa shape index (κ1) is 14.0. The average molecular weight is 279 g/mol. The van der Waals surface area contributed by atoms with Crippen molar-refractivity contribution >= 4 is 17.3 Å². The Balaban J connectivity index is 2.12. The van der Waals surface area contributed by atoms with Gasteiger partial charge in [0.2, 0.25) is 0 Å². The topological polar surface area (TPSA) is 42.4 Å². The number of halogens is 1. The van der Waals surface area contributed by atoms with E-state index in [2.05, 4.69) is 11.0 Å². The Bertz CT molecular complexity index is 551. The van der Waals surface area contributed by atoms with Gasteiger partial charge in [0.15, 0.2) is 0 Å². The lowest BCUT2D eigenvalue weighted by Gasteiger charge is -2.20. The summed E-state index contributed by atoms with van der Waals surface area (Å²) in [5.41, 5.74) is 7.71. The van der Waals surface area contributed by atoms with Gasteiger partial charge in [0.05, 0.1) is 17.3 Å². The fourth-order valence-electron chi connectivity index (χ4n) is 2.07. The quantitative estimate of drug-likeness (QED) is 0.912. The van der Waals surface area contributed by atoms with Crippen LogP contribution in [-0.2, 0) is 13.0 Å². The molecule has 0 aliphatic heterocycles. The van der Waals surface area contributed by atoms with Crippen LogP contribution < -0.4 is 10.6 Å². The molecule has 0 radical (unpaired) electrons. The highest BCUT2D eigenvalue weighted by molar-refractivity contribution is 6.33. The van der Waals surface area contributed by atoms with Crippen molar-refractivity contribution in [1.82, 2.24) is 0 Å². The van der Waals surface area contributed by atoms with Crippen molar-refractivity contribution in [2.45, 2.75) is 19.9 Å². The highest BCUT2D eigenvalue weighted by Crippen LogP contribution is 2.27. The van der Waals surface area contributed by atoms with Gasteiger partial charge in [-0.1, -0.05) is 17.7 Å². The molecule has 0 atom stereocenters. The molecule has 0 bridgehead atoms. The molecule has 2 N–H and O–H groups in total. The summed E-state index contributed by atoms with van der Waals surface area (Å²) in [7, 11) is 2.00. The third-order valence-electron chi connectivity index (χ3n) is 3.05. The maximum absolute atomic E-state index is 6.32. The predicted molar refractivity (Wildman–Crippen MR) is 79.8 cm³/mol. The second-order valence-corrected chi connectivity index (χ2v) is 5.10. The van der Waals surface area contributed by atoms with Gasteiger partial charge in [0.25, 0.3) is 0 Å². The van der Waals surface area contributed by atoms with E-state index in [0.29, 0.717) is 13.1 Å². The van der Waals surface area contributed by atoms with Crippen LogP contribution in [0, 0.1) is 6.92 Å². The van der Waals surface area contributed by atoms with Crippen LogP contribution >= 0.6 is 11.6 Å². The molecule has 19 heavy (non-hydrogen) atoms. The number of hydrogen-bond donors (Lipinski definition) is 1. The van der Waals surface area contributed by atoms with Crippen molar-refractivity contribution in [2.75, 3.05) is 18.5 Å². The Labute approximate surface area is 119 Å². The Morgan fingerprint density at radius 2 is 2.05 bits per heavy atom. The maximum Gasteiger partial charge on any atom is 0.123 e. The van der Waals surface area contributed by atoms with E-state index in [-0.39, 0.29) is 0 Å². The van der Waals surface area contributed by atoms with E-state index in [4.69, 9.17) is 21.8 Å². The SMILES string of the molecule is Cc1ccc(CN(C)c2ccc(CCN)cc2Cl)o1. The van der Waals surface area contributed by atoms with Gasteiger partial charge in [-0.2, -0.15) is 0 Å². The lowest BCUT2D eigenvalue weighted by molar-refractivity contribution is 0.482.